The van der Waals surface area contributed by atoms with E-state index in [1.807, 2.05) is 37.3 Å². The molecule has 0 spiro atoms. The Morgan fingerprint density at radius 1 is 1.18 bits per heavy atom. The number of benzene rings is 1. The van der Waals surface area contributed by atoms with Crippen molar-refractivity contribution in [3.63, 3.8) is 0 Å². The van der Waals surface area contributed by atoms with Gasteiger partial charge in [-0.3, -0.25) is 0 Å². The molecule has 1 saturated heterocycles. The lowest BCUT2D eigenvalue weighted by atomic mass is 9.99. The van der Waals surface area contributed by atoms with Gasteiger partial charge in [0, 0.05) is 18.0 Å². The quantitative estimate of drug-likeness (QED) is 0.860. The summed E-state index contributed by atoms with van der Waals surface area (Å²) < 4.78 is 32.5. The van der Waals surface area contributed by atoms with Crippen molar-refractivity contribution in [3.05, 3.63) is 46.8 Å². The number of hydrogen-bond donors (Lipinski definition) is 0. The predicted molar refractivity (Wildman–Crippen MR) is 88.2 cm³/mol. The third-order valence-corrected chi connectivity index (χ3v) is 7.38. The Morgan fingerprint density at radius 3 is 2.50 bits per heavy atom. The zero-order valence-electron chi connectivity index (χ0n) is 12.7. The minimum atomic E-state index is -3.34. The van der Waals surface area contributed by atoms with Gasteiger partial charge in [-0.1, -0.05) is 12.1 Å². The number of thiophene rings is 1. The SMILES string of the molecule is COc1ccc(C2CCN(S(=O)(=O)c3ccc(C)s3)C2)cc1. The van der Waals surface area contributed by atoms with Gasteiger partial charge in [0.15, 0.2) is 0 Å². The predicted octanol–water partition coefficient (Wildman–Crippen LogP) is 3.24. The second-order valence-electron chi connectivity index (χ2n) is 5.49. The first-order valence-electron chi connectivity index (χ1n) is 7.21. The maximum absolute atomic E-state index is 12.6. The topological polar surface area (TPSA) is 46.6 Å². The molecule has 118 valence electrons. The van der Waals surface area contributed by atoms with E-state index >= 15 is 0 Å². The van der Waals surface area contributed by atoms with E-state index in [2.05, 4.69) is 0 Å². The van der Waals surface area contributed by atoms with Gasteiger partial charge < -0.3 is 4.74 Å². The normalized spacial score (nSPS) is 19.5. The smallest absolute Gasteiger partial charge is 0.252 e. The van der Waals surface area contributed by atoms with Crippen molar-refractivity contribution >= 4 is 21.4 Å². The standard InChI is InChI=1S/C16H19NO3S2/c1-12-3-8-16(21-12)22(18,19)17-10-9-14(11-17)13-4-6-15(20-2)7-5-13/h3-8,14H,9-11H2,1-2H3. The van der Waals surface area contributed by atoms with E-state index in [0.29, 0.717) is 17.3 Å². The molecular weight excluding hydrogens is 318 g/mol. The summed E-state index contributed by atoms with van der Waals surface area (Å²) in [7, 11) is -1.70. The van der Waals surface area contributed by atoms with E-state index in [4.69, 9.17) is 4.74 Å². The summed E-state index contributed by atoms with van der Waals surface area (Å²) >= 11 is 1.34. The maximum Gasteiger partial charge on any atom is 0.252 e. The van der Waals surface area contributed by atoms with E-state index in [-0.39, 0.29) is 5.92 Å². The summed E-state index contributed by atoms with van der Waals surface area (Å²) in [5, 5.41) is 0. The third-order valence-electron chi connectivity index (χ3n) is 4.05. The number of rotatable bonds is 4. The Hall–Kier alpha value is -1.37. The molecule has 4 nitrogen and oxygen atoms in total. The van der Waals surface area contributed by atoms with Crippen LogP contribution in [0.5, 0.6) is 5.75 Å². The Labute approximate surface area is 135 Å². The molecule has 22 heavy (non-hydrogen) atoms. The molecule has 0 aliphatic carbocycles. The van der Waals surface area contributed by atoms with Crippen molar-refractivity contribution in [2.24, 2.45) is 0 Å². The zero-order chi connectivity index (χ0) is 15.7. The molecule has 1 aliphatic heterocycles. The first-order chi connectivity index (χ1) is 10.5. The van der Waals surface area contributed by atoms with Crippen LogP contribution in [0.25, 0.3) is 0 Å². The van der Waals surface area contributed by atoms with Gasteiger partial charge in [-0.15, -0.1) is 11.3 Å². The molecule has 2 aromatic rings. The molecule has 6 heteroatoms. The number of methoxy groups -OCH3 is 1. The van der Waals surface area contributed by atoms with Gasteiger partial charge in [0.2, 0.25) is 0 Å². The van der Waals surface area contributed by atoms with E-state index in [1.165, 1.54) is 16.9 Å². The molecule has 1 unspecified atom stereocenters. The van der Waals surface area contributed by atoms with E-state index in [1.54, 1.807) is 17.5 Å². The van der Waals surface area contributed by atoms with Crippen LogP contribution in [0.2, 0.25) is 0 Å². The summed E-state index contributed by atoms with van der Waals surface area (Å²) in [6.45, 7) is 3.05. The average Bonchev–Trinajstić information content (AvgIpc) is 3.17. The second kappa shape index (κ2) is 6.02. The zero-order valence-corrected chi connectivity index (χ0v) is 14.3. The summed E-state index contributed by atoms with van der Waals surface area (Å²) in [6, 6.07) is 11.5. The van der Waals surface area contributed by atoms with Crippen LogP contribution < -0.4 is 4.74 Å². The minimum absolute atomic E-state index is 0.252. The van der Waals surface area contributed by atoms with E-state index < -0.39 is 10.0 Å². The lowest BCUT2D eigenvalue weighted by molar-refractivity contribution is 0.414. The maximum atomic E-state index is 12.6. The van der Waals surface area contributed by atoms with Crippen molar-refractivity contribution in [1.29, 1.82) is 0 Å². The van der Waals surface area contributed by atoms with Gasteiger partial charge in [0.25, 0.3) is 10.0 Å². The van der Waals surface area contributed by atoms with Crippen LogP contribution in [0.4, 0.5) is 0 Å². The number of nitrogens with zero attached hydrogens (tertiary/aromatic N) is 1. The van der Waals surface area contributed by atoms with Gasteiger partial charge in [0.05, 0.1) is 7.11 Å². The van der Waals surface area contributed by atoms with Crippen LogP contribution in [0.15, 0.2) is 40.6 Å². The van der Waals surface area contributed by atoms with Gasteiger partial charge in [-0.25, -0.2) is 8.42 Å². The largest absolute Gasteiger partial charge is 0.497 e. The highest BCUT2D eigenvalue weighted by atomic mass is 32.2. The highest BCUT2D eigenvalue weighted by Crippen LogP contribution is 2.33. The van der Waals surface area contributed by atoms with Gasteiger partial charge in [-0.2, -0.15) is 4.31 Å². The Morgan fingerprint density at radius 2 is 1.91 bits per heavy atom. The molecule has 0 amide bonds. The van der Waals surface area contributed by atoms with E-state index in [0.717, 1.165) is 17.0 Å². The first-order valence-corrected chi connectivity index (χ1v) is 9.47. The highest BCUT2D eigenvalue weighted by molar-refractivity contribution is 7.91. The Balaban J connectivity index is 1.76. The van der Waals surface area contributed by atoms with Crippen LogP contribution in [0.3, 0.4) is 0 Å². The molecule has 0 N–H and O–H groups in total. The summed E-state index contributed by atoms with van der Waals surface area (Å²) in [6.07, 6.45) is 0.857. The summed E-state index contributed by atoms with van der Waals surface area (Å²) in [5.41, 5.74) is 1.17. The molecule has 1 aromatic heterocycles. The molecule has 1 aromatic carbocycles. The summed E-state index contributed by atoms with van der Waals surface area (Å²) in [4.78, 5) is 1.02. The molecule has 1 aliphatic rings. The molecular formula is C16H19NO3S2. The van der Waals surface area contributed by atoms with Crippen LogP contribution in [-0.2, 0) is 10.0 Å². The van der Waals surface area contributed by atoms with Crippen LogP contribution >= 0.6 is 11.3 Å². The lowest BCUT2D eigenvalue weighted by Gasteiger charge is -2.15. The van der Waals surface area contributed by atoms with Crippen molar-refractivity contribution in [3.8, 4) is 5.75 Å². The first kappa shape index (κ1) is 15.5. The molecule has 0 saturated carbocycles. The minimum Gasteiger partial charge on any atom is -0.497 e. The molecule has 1 atom stereocenters. The fraction of sp³-hybridized carbons (Fsp3) is 0.375. The molecule has 0 radical (unpaired) electrons. The van der Waals surface area contributed by atoms with Crippen molar-refractivity contribution in [2.75, 3.05) is 20.2 Å². The Bertz CT molecular complexity index is 750. The van der Waals surface area contributed by atoms with Crippen LogP contribution in [0.1, 0.15) is 22.8 Å². The van der Waals surface area contributed by atoms with Gasteiger partial charge >= 0.3 is 0 Å². The van der Waals surface area contributed by atoms with Crippen molar-refractivity contribution in [2.45, 2.75) is 23.5 Å². The van der Waals surface area contributed by atoms with Crippen LogP contribution in [-0.4, -0.2) is 32.9 Å². The number of hydrogen-bond acceptors (Lipinski definition) is 4. The number of sulfonamides is 1. The van der Waals surface area contributed by atoms with Gasteiger partial charge in [0.1, 0.15) is 9.96 Å². The fourth-order valence-electron chi connectivity index (χ4n) is 2.77. The second-order valence-corrected chi connectivity index (χ2v) is 8.94. The summed E-state index contributed by atoms with van der Waals surface area (Å²) in [5.74, 6) is 1.07. The number of ether oxygens (including phenoxy) is 1. The van der Waals surface area contributed by atoms with Crippen molar-refractivity contribution < 1.29 is 13.2 Å². The van der Waals surface area contributed by atoms with Crippen molar-refractivity contribution in [1.82, 2.24) is 4.31 Å². The Kier molecular flexibility index (Phi) is 4.25. The molecule has 1 fully saturated rings. The van der Waals surface area contributed by atoms with E-state index in [9.17, 15) is 8.42 Å². The van der Waals surface area contributed by atoms with Gasteiger partial charge in [-0.05, 0) is 49.1 Å². The fourth-order valence-corrected chi connectivity index (χ4v) is 5.71. The average molecular weight is 337 g/mol. The lowest BCUT2D eigenvalue weighted by Crippen LogP contribution is -2.28. The highest BCUT2D eigenvalue weighted by Gasteiger charge is 2.33. The number of aryl methyl sites for hydroxylation is 1. The van der Waals surface area contributed by atoms with Crippen LogP contribution in [0, 0.1) is 6.92 Å². The molecule has 0 bridgehead atoms. The monoisotopic (exact) mass is 337 g/mol. The molecule has 3 rings (SSSR count). The molecule has 2 heterocycles. The third kappa shape index (κ3) is 2.91.